The molecule has 0 aromatic heterocycles. The summed E-state index contributed by atoms with van der Waals surface area (Å²) in [6.45, 7) is 8.00. The number of hydrogen-bond donors (Lipinski definition) is 0. The zero-order valence-electron chi connectivity index (χ0n) is 14.3. The van der Waals surface area contributed by atoms with Gasteiger partial charge in [0.2, 0.25) is 0 Å². The van der Waals surface area contributed by atoms with Crippen molar-refractivity contribution in [1.82, 2.24) is 0 Å². The topological polar surface area (TPSA) is 0 Å². The van der Waals surface area contributed by atoms with Gasteiger partial charge in [-0.3, -0.25) is 0 Å². The van der Waals surface area contributed by atoms with Crippen LogP contribution in [0.4, 0.5) is 0 Å². The van der Waals surface area contributed by atoms with Crippen molar-refractivity contribution in [3.63, 3.8) is 0 Å². The van der Waals surface area contributed by atoms with Crippen LogP contribution < -0.4 is 0 Å². The summed E-state index contributed by atoms with van der Waals surface area (Å²) in [6.07, 6.45) is 7.00. The summed E-state index contributed by atoms with van der Waals surface area (Å²) in [5.41, 5.74) is 5.36. The van der Waals surface area contributed by atoms with Gasteiger partial charge in [0.1, 0.15) is 0 Å². The van der Waals surface area contributed by atoms with Gasteiger partial charge < -0.3 is 0 Å². The average Bonchev–Trinajstić information content (AvgIpc) is 2.66. The van der Waals surface area contributed by atoms with Crippen molar-refractivity contribution in [2.45, 2.75) is 40.5 Å². The molecule has 0 N–H and O–H groups in total. The molecule has 0 heterocycles. The van der Waals surface area contributed by atoms with Crippen LogP contribution in [0.1, 0.15) is 51.7 Å². The van der Waals surface area contributed by atoms with Gasteiger partial charge in [0.05, 0.1) is 0 Å². The molecule has 0 unspecified atom stereocenters. The van der Waals surface area contributed by atoms with Gasteiger partial charge in [-0.15, -0.1) is 0 Å². The van der Waals surface area contributed by atoms with Crippen LogP contribution >= 0.6 is 0 Å². The molecule has 22 heavy (non-hydrogen) atoms. The van der Waals surface area contributed by atoms with E-state index < -0.39 is 0 Å². The lowest BCUT2D eigenvalue weighted by molar-refractivity contribution is 1.04. The van der Waals surface area contributed by atoms with E-state index >= 15 is 0 Å². The highest BCUT2D eigenvalue weighted by molar-refractivity contribution is 6.05. The first kappa shape index (κ1) is 18.0. The Labute approximate surface area is 136 Å². The van der Waals surface area contributed by atoms with E-state index in [4.69, 9.17) is 0 Å². The molecule has 2 aromatic rings. The highest BCUT2D eigenvalue weighted by Gasteiger charge is 2.12. The van der Waals surface area contributed by atoms with Crippen molar-refractivity contribution < 1.29 is 0 Å². The van der Waals surface area contributed by atoms with Crippen LogP contribution in [0.15, 0.2) is 72.8 Å². The normalized spacial score (nSPS) is 12.7. The Balaban J connectivity index is 0.000000561. The summed E-state index contributed by atoms with van der Waals surface area (Å²) >= 11 is 0. The van der Waals surface area contributed by atoms with Gasteiger partial charge in [-0.25, -0.2) is 0 Å². The van der Waals surface area contributed by atoms with Crippen molar-refractivity contribution in [3.05, 3.63) is 83.9 Å². The zero-order chi connectivity index (χ0) is 16.2. The minimum absolute atomic E-state index is 1.14. The molecule has 116 valence electrons. The first-order valence-corrected chi connectivity index (χ1v) is 8.47. The second kappa shape index (κ2) is 10.6. The van der Waals surface area contributed by atoms with Gasteiger partial charge in [-0.2, -0.15) is 0 Å². The lowest BCUT2D eigenvalue weighted by Gasteiger charge is -2.17. The molecule has 0 spiro atoms. The van der Waals surface area contributed by atoms with Crippen molar-refractivity contribution in [2.24, 2.45) is 0 Å². The first-order valence-electron chi connectivity index (χ1n) is 8.47. The summed E-state index contributed by atoms with van der Waals surface area (Å²) in [7, 11) is 0. The Morgan fingerprint density at radius 3 is 1.14 bits per heavy atom. The molecule has 0 amide bonds. The fourth-order valence-corrected chi connectivity index (χ4v) is 2.46. The van der Waals surface area contributed by atoms with Crippen LogP contribution in [0.25, 0.3) is 11.1 Å². The van der Waals surface area contributed by atoms with Crippen LogP contribution in [0.5, 0.6) is 0 Å². The number of benzene rings is 2. The number of rotatable bonds is 2. The summed E-state index contributed by atoms with van der Waals surface area (Å²) in [4.78, 5) is 0. The van der Waals surface area contributed by atoms with E-state index in [-0.39, 0.29) is 0 Å². The highest BCUT2D eigenvalue weighted by atomic mass is 14.2. The van der Waals surface area contributed by atoms with E-state index in [1.54, 1.807) is 0 Å². The largest absolute Gasteiger partial charge is 0.0757 e. The summed E-state index contributed by atoms with van der Waals surface area (Å²) in [5, 5.41) is 0. The van der Waals surface area contributed by atoms with E-state index in [2.05, 4.69) is 72.8 Å². The molecule has 0 nitrogen and oxygen atoms in total. The van der Waals surface area contributed by atoms with Gasteiger partial charge in [0.15, 0.2) is 0 Å². The van der Waals surface area contributed by atoms with E-state index in [0.29, 0.717) is 0 Å². The molecule has 0 aliphatic heterocycles. The number of allylic oxidation sites excluding steroid dienone is 4. The highest BCUT2D eigenvalue weighted by Crippen LogP contribution is 2.34. The predicted octanol–water partition coefficient (Wildman–Crippen LogP) is 7.00. The van der Waals surface area contributed by atoms with Crippen molar-refractivity contribution >= 4 is 11.1 Å². The molecule has 1 aliphatic carbocycles. The van der Waals surface area contributed by atoms with Gasteiger partial charge in [-0.1, -0.05) is 101 Å². The molecule has 0 atom stereocenters. The van der Waals surface area contributed by atoms with Crippen LogP contribution in [0.3, 0.4) is 0 Å². The minimum atomic E-state index is 1.14. The first-order chi connectivity index (χ1) is 10.9. The van der Waals surface area contributed by atoms with Crippen LogP contribution in [0.2, 0.25) is 0 Å². The third-order valence-electron chi connectivity index (χ3n) is 3.32. The number of hydrogen-bond acceptors (Lipinski definition) is 0. The molecule has 0 heteroatoms. The summed E-state index contributed by atoms with van der Waals surface area (Å²) in [6, 6.07) is 21.3. The molecular formula is C22H28. The molecule has 3 rings (SSSR count). The maximum Gasteiger partial charge on any atom is -0.0148 e. The van der Waals surface area contributed by atoms with E-state index in [1.807, 2.05) is 27.7 Å². The monoisotopic (exact) mass is 292 g/mol. The second-order valence-electron chi connectivity index (χ2n) is 4.54. The summed E-state index contributed by atoms with van der Waals surface area (Å²) in [5.74, 6) is 0. The Kier molecular flexibility index (Phi) is 8.67. The van der Waals surface area contributed by atoms with E-state index in [0.717, 1.165) is 12.8 Å². The van der Waals surface area contributed by atoms with Crippen LogP contribution in [0, 0.1) is 0 Å². The van der Waals surface area contributed by atoms with Crippen molar-refractivity contribution in [1.29, 1.82) is 0 Å². The average molecular weight is 292 g/mol. The third-order valence-corrected chi connectivity index (χ3v) is 3.32. The maximum absolute atomic E-state index is 2.36. The van der Waals surface area contributed by atoms with E-state index in [9.17, 15) is 0 Å². The fourth-order valence-electron chi connectivity index (χ4n) is 2.46. The molecule has 0 radical (unpaired) electrons. The molecule has 2 aromatic carbocycles. The van der Waals surface area contributed by atoms with Crippen molar-refractivity contribution in [3.8, 4) is 0 Å². The second-order valence-corrected chi connectivity index (χ2v) is 4.54. The zero-order valence-corrected chi connectivity index (χ0v) is 14.3. The van der Waals surface area contributed by atoms with Crippen molar-refractivity contribution in [2.75, 3.05) is 0 Å². The fraction of sp³-hybridized carbons (Fsp3) is 0.273. The Bertz CT molecular complexity index is 518. The maximum atomic E-state index is 2.36. The van der Waals surface area contributed by atoms with E-state index in [1.165, 1.54) is 22.3 Å². The quantitative estimate of drug-likeness (QED) is 0.559. The van der Waals surface area contributed by atoms with Gasteiger partial charge in [0.25, 0.3) is 0 Å². The predicted molar refractivity (Wildman–Crippen MR) is 101 cm³/mol. The van der Waals surface area contributed by atoms with Gasteiger partial charge >= 0.3 is 0 Å². The van der Waals surface area contributed by atoms with Crippen LogP contribution in [-0.4, -0.2) is 0 Å². The Hall–Kier alpha value is -2.08. The smallest absolute Gasteiger partial charge is 0.0148 e. The Morgan fingerprint density at radius 1 is 0.500 bits per heavy atom. The molecular weight excluding hydrogens is 264 g/mol. The molecule has 0 saturated carbocycles. The molecule has 0 saturated heterocycles. The lowest BCUT2D eigenvalue weighted by atomic mass is 9.88. The molecule has 0 bridgehead atoms. The Morgan fingerprint density at radius 2 is 0.818 bits per heavy atom. The van der Waals surface area contributed by atoms with Crippen LogP contribution in [-0.2, 0) is 0 Å². The van der Waals surface area contributed by atoms with Gasteiger partial charge in [-0.05, 0) is 35.1 Å². The minimum Gasteiger partial charge on any atom is -0.0757 e. The lowest BCUT2D eigenvalue weighted by Crippen LogP contribution is -1.94. The molecule has 1 aliphatic rings. The molecule has 0 fully saturated rings. The third kappa shape index (κ3) is 4.73. The SMILES string of the molecule is C1=C(c2ccccc2)C(c2ccccc2)=CCC1.CC.CC. The van der Waals surface area contributed by atoms with Gasteiger partial charge in [0, 0.05) is 0 Å². The summed E-state index contributed by atoms with van der Waals surface area (Å²) < 4.78 is 0. The standard InChI is InChI=1S/C18H16.2C2H6/c1-3-9-15(10-4-1)17-13-7-8-14-18(17)16-11-5-2-6-12-16;2*1-2/h1-6,9-14H,7-8H2;2*1-2H3.